The number of hydrogen-bond donors (Lipinski definition) is 2. The topological polar surface area (TPSA) is 52.6 Å². The van der Waals surface area contributed by atoms with Gasteiger partial charge in [0.15, 0.2) is 11.6 Å². The Hall–Kier alpha value is -1.90. The minimum atomic E-state index is -5.40. The van der Waals surface area contributed by atoms with E-state index in [1.807, 2.05) is 5.32 Å². The number of carbonyl (C=O) groups is 1. The fraction of sp³-hybridized carbons (Fsp3) is 0.300. The van der Waals surface area contributed by atoms with Gasteiger partial charge in [-0.15, -0.1) is 0 Å². The molecule has 0 aliphatic carbocycles. The smallest absolute Gasteiger partial charge is 0.360 e. The maximum absolute atomic E-state index is 13.6. The first kappa shape index (κ1) is 13.5. The molecule has 0 aromatic heterocycles. The maximum atomic E-state index is 13.6. The highest BCUT2D eigenvalue weighted by Crippen LogP contribution is 2.47. The summed E-state index contributed by atoms with van der Waals surface area (Å²) >= 11 is 0. The molecule has 1 atom stereocenters. The molecule has 1 heterocycles. The van der Waals surface area contributed by atoms with Crippen molar-refractivity contribution in [3.8, 4) is 0 Å². The number of carbonyl (C=O) groups excluding carboxylic acids is 1. The van der Waals surface area contributed by atoms with Crippen LogP contribution in [0.15, 0.2) is 12.1 Å². The van der Waals surface area contributed by atoms with Gasteiger partial charge >= 0.3 is 12.2 Å². The van der Waals surface area contributed by atoms with E-state index in [1.54, 1.807) is 0 Å². The van der Waals surface area contributed by atoms with Gasteiger partial charge in [0.2, 0.25) is 0 Å². The van der Waals surface area contributed by atoms with Gasteiger partial charge in [0.1, 0.15) is 0 Å². The summed E-state index contributed by atoms with van der Waals surface area (Å²) in [7, 11) is 0.621. The number of rotatable bonds is 0. The molecule has 1 aromatic carbocycles. The molecule has 0 spiro atoms. The Morgan fingerprint density at radius 3 is 2.42 bits per heavy atom. The van der Waals surface area contributed by atoms with Crippen molar-refractivity contribution in [1.82, 2.24) is 4.90 Å². The Morgan fingerprint density at radius 1 is 1.32 bits per heavy atom. The van der Waals surface area contributed by atoms with Crippen molar-refractivity contribution in [3.05, 3.63) is 29.3 Å². The minimum Gasteiger partial charge on any atom is -0.360 e. The number of alkyl halides is 3. The molecule has 19 heavy (non-hydrogen) atoms. The van der Waals surface area contributed by atoms with Gasteiger partial charge in [0.05, 0.1) is 11.3 Å². The van der Waals surface area contributed by atoms with E-state index in [0.717, 1.165) is 6.07 Å². The highest BCUT2D eigenvalue weighted by molar-refractivity contribution is 5.93. The Morgan fingerprint density at radius 2 is 1.89 bits per heavy atom. The van der Waals surface area contributed by atoms with Gasteiger partial charge < -0.3 is 10.4 Å². The lowest BCUT2D eigenvalue weighted by Gasteiger charge is -2.42. The summed E-state index contributed by atoms with van der Waals surface area (Å²) in [5.41, 5.74) is -5.94. The number of halogens is 5. The zero-order valence-electron chi connectivity index (χ0n) is 9.35. The summed E-state index contributed by atoms with van der Waals surface area (Å²) in [5, 5.41) is 11.7. The SMILES string of the molecule is CN1C(=O)Nc2ccc(F)c(F)c2C1(O)C(F)(F)F. The molecule has 0 saturated heterocycles. The van der Waals surface area contributed by atoms with Crippen LogP contribution in [0.3, 0.4) is 0 Å². The molecular formula is C10H7F5N2O2. The molecule has 0 fully saturated rings. The van der Waals surface area contributed by atoms with Gasteiger partial charge in [0.25, 0.3) is 5.72 Å². The zero-order chi connectivity index (χ0) is 14.6. The number of aliphatic hydroxyl groups is 1. The zero-order valence-corrected chi connectivity index (χ0v) is 9.35. The van der Waals surface area contributed by atoms with Gasteiger partial charge in [-0.2, -0.15) is 13.2 Å². The van der Waals surface area contributed by atoms with Crippen LogP contribution in [0, 0.1) is 11.6 Å². The molecule has 0 saturated carbocycles. The highest BCUT2D eigenvalue weighted by Gasteiger charge is 2.63. The number of hydrogen-bond acceptors (Lipinski definition) is 2. The molecule has 0 bridgehead atoms. The number of amides is 2. The maximum Gasteiger partial charge on any atom is 0.441 e. The number of nitrogens with zero attached hydrogens (tertiary/aromatic N) is 1. The van der Waals surface area contributed by atoms with Crippen molar-refractivity contribution < 1.29 is 31.9 Å². The monoisotopic (exact) mass is 282 g/mol. The van der Waals surface area contributed by atoms with Crippen LogP contribution in [0.5, 0.6) is 0 Å². The Balaban J connectivity index is 2.82. The molecule has 4 nitrogen and oxygen atoms in total. The van der Waals surface area contributed by atoms with E-state index in [9.17, 15) is 31.9 Å². The molecule has 9 heteroatoms. The Labute approximate surface area is 103 Å². The molecule has 104 valence electrons. The van der Waals surface area contributed by atoms with E-state index in [2.05, 4.69) is 0 Å². The van der Waals surface area contributed by atoms with E-state index in [0.29, 0.717) is 13.1 Å². The average Bonchev–Trinajstić information content (AvgIpc) is 2.29. The van der Waals surface area contributed by atoms with Crippen molar-refractivity contribution in [3.63, 3.8) is 0 Å². The summed E-state index contributed by atoms with van der Waals surface area (Å²) in [5.74, 6) is -3.44. The molecule has 2 N–H and O–H groups in total. The van der Waals surface area contributed by atoms with E-state index in [1.165, 1.54) is 0 Å². The summed E-state index contributed by atoms with van der Waals surface area (Å²) in [6, 6.07) is 0.00433. The quantitative estimate of drug-likeness (QED) is 0.716. The summed E-state index contributed by atoms with van der Waals surface area (Å²) in [4.78, 5) is 11.2. The summed E-state index contributed by atoms with van der Waals surface area (Å²) in [6.07, 6.45) is -5.40. The number of anilines is 1. The van der Waals surface area contributed by atoms with Crippen molar-refractivity contribution in [2.45, 2.75) is 11.9 Å². The first-order valence-electron chi connectivity index (χ1n) is 4.93. The second-order valence-corrected chi connectivity index (χ2v) is 3.94. The molecule has 1 unspecified atom stereocenters. The Bertz CT molecular complexity index is 560. The lowest BCUT2D eigenvalue weighted by atomic mass is 9.95. The summed E-state index contributed by atoms with van der Waals surface area (Å²) < 4.78 is 65.6. The van der Waals surface area contributed by atoms with Crippen LogP contribution in [0.4, 0.5) is 32.4 Å². The lowest BCUT2D eigenvalue weighted by Crippen LogP contribution is -2.61. The largest absolute Gasteiger partial charge is 0.441 e. The third kappa shape index (κ3) is 1.65. The van der Waals surface area contributed by atoms with Gasteiger partial charge in [-0.05, 0) is 12.1 Å². The van der Waals surface area contributed by atoms with Crippen molar-refractivity contribution in [1.29, 1.82) is 0 Å². The molecule has 2 amide bonds. The minimum absolute atomic E-state index is 0.141. The van der Waals surface area contributed by atoms with Crippen molar-refractivity contribution in [2.75, 3.05) is 12.4 Å². The number of benzene rings is 1. The van der Waals surface area contributed by atoms with Crippen molar-refractivity contribution in [2.24, 2.45) is 0 Å². The average molecular weight is 282 g/mol. The van der Waals surface area contributed by atoms with Gasteiger partial charge in [0, 0.05) is 7.05 Å². The predicted octanol–water partition coefficient (Wildman–Crippen LogP) is 2.15. The summed E-state index contributed by atoms with van der Waals surface area (Å²) in [6.45, 7) is 0. The van der Waals surface area contributed by atoms with Gasteiger partial charge in [-0.25, -0.2) is 13.6 Å². The predicted molar refractivity (Wildman–Crippen MR) is 53.1 cm³/mol. The van der Waals surface area contributed by atoms with Crippen LogP contribution in [-0.2, 0) is 5.72 Å². The van der Waals surface area contributed by atoms with E-state index in [4.69, 9.17) is 0 Å². The number of nitrogens with one attached hydrogen (secondary N) is 1. The first-order chi connectivity index (χ1) is 8.60. The molecule has 1 aromatic rings. The molecule has 1 aliphatic rings. The fourth-order valence-corrected chi connectivity index (χ4v) is 1.84. The third-order valence-electron chi connectivity index (χ3n) is 2.87. The standard InChI is InChI=1S/C10H7F5N2O2/c1-17-8(18)16-5-3-2-4(11)7(12)6(5)9(17,19)10(13,14)15/h2-3,19H,1H3,(H,16,18). The molecule has 0 radical (unpaired) electrons. The normalized spacial score (nSPS) is 23.1. The second kappa shape index (κ2) is 3.80. The second-order valence-electron chi connectivity index (χ2n) is 3.94. The Kier molecular flexibility index (Phi) is 2.70. The number of urea groups is 1. The van der Waals surface area contributed by atoms with Gasteiger partial charge in [-0.3, -0.25) is 4.90 Å². The lowest BCUT2D eigenvalue weighted by molar-refractivity contribution is -0.310. The molecular weight excluding hydrogens is 275 g/mol. The third-order valence-corrected chi connectivity index (χ3v) is 2.87. The van der Waals surface area contributed by atoms with E-state index >= 15 is 0 Å². The van der Waals surface area contributed by atoms with Crippen LogP contribution in [0.25, 0.3) is 0 Å². The number of fused-ring (bicyclic) bond motifs is 1. The van der Waals surface area contributed by atoms with Gasteiger partial charge in [-0.1, -0.05) is 0 Å². The molecule has 1 aliphatic heterocycles. The van der Waals surface area contributed by atoms with E-state index < -0.39 is 40.8 Å². The van der Waals surface area contributed by atoms with Crippen molar-refractivity contribution >= 4 is 11.7 Å². The highest BCUT2D eigenvalue weighted by atomic mass is 19.4. The first-order valence-corrected chi connectivity index (χ1v) is 4.93. The fourth-order valence-electron chi connectivity index (χ4n) is 1.84. The molecule has 2 rings (SSSR count). The van der Waals surface area contributed by atoms with E-state index in [-0.39, 0.29) is 4.90 Å². The van der Waals surface area contributed by atoms with Crippen LogP contribution in [0.1, 0.15) is 5.56 Å². The van der Waals surface area contributed by atoms with Crippen LogP contribution in [0.2, 0.25) is 0 Å². The van der Waals surface area contributed by atoms with Crippen LogP contribution < -0.4 is 5.32 Å². The van der Waals surface area contributed by atoms with Crippen LogP contribution in [-0.4, -0.2) is 29.3 Å². The van der Waals surface area contributed by atoms with Crippen LogP contribution >= 0.6 is 0 Å².